The number of carbonyl (C=O) groups is 1. The van der Waals surface area contributed by atoms with Gasteiger partial charge in [-0.2, -0.15) is 0 Å². The summed E-state index contributed by atoms with van der Waals surface area (Å²) in [7, 11) is 1.60. The molecule has 1 heterocycles. The van der Waals surface area contributed by atoms with Gasteiger partial charge in [0.2, 0.25) is 0 Å². The van der Waals surface area contributed by atoms with Crippen molar-refractivity contribution in [3.05, 3.63) is 65.2 Å². The van der Waals surface area contributed by atoms with Crippen molar-refractivity contribution in [1.29, 1.82) is 0 Å². The summed E-state index contributed by atoms with van der Waals surface area (Å²) in [5.41, 5.74) is 2.94. The lowest BCUT2D eigenvalue weighted by atomic mass is 10.1. The van der Waals surface area contributed by atoms with Crippen molar-refractivity contribution in [3.63, 3.8) is 0 Å². The van der Waals surface area contributed by atoms with Crippen molar-refractivity contribution < 1.29 is 14.3 Å². The maximum atomic E-state index is 13.3. The van der Waals surface area contributed by atoms with Gasteiger partial charge in [0.25, 0.3) is 5.91 Å². The van der Waals surface area contributed by atoms with Gasteiger partial charge in [0.1, 0.15) is 5.75 Å². The number of nitrogens with zero attached hydrogens (tertiary/aromatic N) is 2. The van der Waals surface area contributed by atoms with Crippen LogP contribution in [0.15, 0.2) is 48.5 Å². The molecule has 0 N–H and O–H groups in total. The quantitative estimate of drug-likeness (QED) is 0.754. The van der Waals surface area contributed by atoms with Gasteiger partial charge >= 0.3 is 0 Å². The molecule has 0 aromatic heterocycles. The van der Waals surface area contributed by atoms with E-state index in [-0.39, 0.29) is 5.91 Å². The van der Waals surface area contributed by atoms with Gasteiger partial charge in [0.15, 0.2) is 0 Å². The summed E-state index contributed by atoms with van der Waals surface area (Å²) in [6.45, 7) is 7.53. The minimum absolute atomic E-state index is 0.00205. The van der Waals surface area contributed by atoms with Crippen LogP contribution in [-0.4, -0.2) is 62.2 Å². The third kappa shape index (κ3) is 5.31. The smallest absolute Gasteiger partial charge is 0.257 e. The number of rotatable bonds is 7. The molecule has 2 aromatic carbocycles. The van der Waals surface area contributed by atoms with E-state index in [9.17, 15) is 4.79 Å². The van der Waals surface area contributed by atoms with Crippen molar-refractivity contribution in [3.8, 4) is 5.75 Å². The van der Waals surface area contributed by atoms with Crippen LogP contribution < -0.4 is 4.74 Å². The first-order valence-electron chi connectivity index (χ1n) is 9.45. The molecule has 0 radical (unpaired) electrons. The molecular weight excluding hydrogens is 340 g/mol. The molecule has 0 spiro atoms. The van der Waals surface area contributed by atoms with Crippen molar-refractivity contribution >= 4 is 5.91 Å². The lowest BCUT2D eigenvalue weighted by molar-refractivity contribution is 0.0320. The molecule has 0 bridgehead atoms. The number of amides is 1. The van der Waals surface area contributed by atoms with E-state index >= 15 is 0 Å². The normalized spacial score (nSPS) is 14.7. The van der Waals surface area contributed by atoms with Gasteiger partial charge < -0.3 is 14.4 Å². The molecule has 3 rings (SSSR count). The Morgan fingerprint density at radius 1 is 1.15 bits per heavy atom. The summed E-state index contributed by atoms with van der Waals surface area (Å²) in [5, 5.41) is 0. The summed E-state index contributed by atoms with van der Waals surface area (Å²) in [6.07, 6.45) is 0. The molecule has 1 amide bonds. The number of methoxy groups -OCH3 is 1. The third-order valence-corrected chi connectivity index (χ3v) is 4.87. The Labute approximate surface area is 161 Å². The molecule has 5 heteroatoms. The topological polar surface area (TPSA) is 42.0 Å². The molecule has 0 unspecified atom stereocenters. The van der Waals surface area contributed by atoms with Gasteiger partial charge in [-0.1, -0.05) is 42.0 Å². The lowest BCUT2D eigenvalue weighted by Crippen LogP contribution is -2.43. The van der Waals surface area contributed by atoms with Crippen molar-refractivity contribution in [2.45, 2.75) is 13.5 Å². The average molecular weight is 368 g/mol. The molecule has 144 valence electrons. The van der Waals surface area contributed by atoms with Gasteiger partial charge in [-0.15, -0.1) is 0 Å². The van der Waals surface area contributed by atoms with Crippen LogP contribution in [0.1, 0.15) is 21.5 Å². The second kappa shape index (κ2) is 9.53. The van der Waals surface area contributed by atoms with E-state index in [2.05, 4.69) is 30.0 Å². The van der Waals surface area contributed by atoms with Crippen LogP contribution in [0.3, 0.4) is 0 Å². The zero-order valence-corrected chi connectivity index (χ0v) is 16.2. The fourth-order valence-corrected chi connectivity index (χ4v) is 3.36. The number of aryl methyl sites for hydroxylation is 1. The van der Waals surface area contributed by atoms with Gasteiger partial charge in [0, 0.05) is 32.7 Å². The Hall–Kier alpha value is -2.37. The molecule has 0 aliphatic carbocycles. The lowest BCUT2D eigenvalue weighted by Gasteiger charge is -2.30. The summed E-state index contributed by atoms with van der Waals surface area (Å²) in [4.78, 5) is 17.6. The molecule has 0 saturated carbocycles. The van der Waals surface area contributed by atoms with E-state index in [0.717, 1.165) is 38.4 Å². The maximum absolute atomic E-state index is 13.3. The highest BCUT2D eigenvalue weighted by atomic mass is 16.5. The Kier molecular flexibility index (Phi) is 6.85. The Bertz CT molecular complexity index is 757. The highest BCUT2D eigenvalue weighted by Gasteiger charge is 2.21. The first-order chi connectivity index (χ1) is 13.2. The van der Waals surface area contributed by atoms with Gasteiger partial charge in [-0.05, 0) is 24.6 Å². The van der Waals surface area contributed by atoms with Crippen LogP contribution in [0.4, 0.5) is 0 Å². The van der Waals surface area contributed by atoms with E-state index in [4.69, 9.17) is 9.47 Å². The van der Waals surface area contributed by atoms with E-state index < -0.39 is 0 Å². The molecule has 1 fully saturated rings. The summed E-state index contributed by atoms with van der Waals surface area (Å²) in [6, 6.07) is 15.7. The molecular formula is C22H28N2O3. The van der Waals surface area contributed by atoms with E-state index in [0.29, 0.717) is 24.4 Å². The Morgan fingerprint density at radius 3 is 2.67 bits per heavy atom. The van der Waals surface area contributed by atoms with Gasteiger partial charge in [-0.25, -0.2) is 0 Å². The maximum Gasteiger partial charge on any atom is 0.257 e. The molecule has 27 heavy (non-hydrogen) atoms. The van der Waals surface area contributed by atoms with Crippen LogP contribution in [0, 0.1) is 6.92 Å². The minimum atomic E-state index is 0.00205. The van der Waals surface area contributed by atoms with E-state index in [1.807, 2.05) is 35.2 Å². The van der Waals surface area contributed by atoms with Crippen LogP contribution in [0.2, 0.25) is 0 Å². The second-order valence-electron chi connectivity index (χ2n) is 6.87. The Balaban J connectivity index is 1.78. The standard InChI is InChI=1S/C22H28N2O3/c1-18-6-5-7-19(16-18)17-24(11-10-23-12-14-27-15-13-23)22(25)20-8-3-4-9-21(20)26-2/h3-9,16H,10-15,17H2,1-2H3. The predicted octanol–water partition coefficient (Wildman–Crippen LogP) is 2.98. The molecule has 1 aliphatic heterocycles. The van der Waals surface area contributed by atoms with Gasteiger partial charge in [-0.3, -0.25) is 9.69 Å². The number of para-hydroxylation sites is 1. The van der Waals surface area contributed by atoms with Crippen LogP contribution in [-0.2, 0) is 11.3 Å². The number of carbonyl (C=O) groups excluding carboxylic acids is 1. The first kappa shape index (κ1) is 19.4. The molecule has 2 aromatic rings. The number of ether oxygens (including phenoxy) is 2. The minimum Gasteiger partial charge on any atom is -0.496 e. The summed E-state index contributed by atoms with van der Waals surface area (Å²) in [5.74, 6) is 0.616. The van der Waals surface area contributed by atoms with Gasteiger partial charge in [0.05, 0.1) is 25.9 Å². The number of hydrogen-bond acceptors (Lipinski definition) is 4. The number of benzene rings is 2. The number of morpholine rings is 1. The molecule has 5 nitrogen and oxygen atoms in total. The second-order valence-corrected chi connectivity index (χ2v) is 6.87. The zero-order chi connectivity index (χ0) is 19.1. The zero-order valence-electron chi connectivity index (χ0n) is 16.2. The van der Waals surface area contributed by atoms with Crippen LogP contribution >= 0.6 is 0 Å². The predicted molar refractivity (Wildman–Crippen MR) is 106 cm³/mol. The van der Waals surface area contributed by atoms with E-state index in [1.165, 1.54) is 5.56 Å². The summed E-state index contributed by atoms with van der Waals surface area (Å²) < 4.78 is 10.8. The van der Waals surface area contributed by atoms with Crippen molar-refractivity contribution in [2.75, 3.05) is 46.5 Å². The van der Waals surface area contributed by atoms with Crippen LogP contribution in [0.25, 0.3) is 0 Å². The highest BCUT2D eigenvalue weighted by Crippen LogP contribution is 2.21. The van der Waals surface area contributed by atoms with Crippen molar-refractivity contribution in [2.24, 2.45) is 0 Å². The SMILES string of the molecule is COc1ccccc1C(=O)N(CCN1CCOCC1)Cc1cccc(C)c1. The Morgan fingerprint density at radius 2 is 1.93 bits per heavy atom. The fourth-order valence-electron chi connectivity index (χ4n) is 3.36. The monoisotopic (exact) mass is 368 g/mol. The molecule has 1 saturated heterocycles. The van der Waals surface area contributed by atoms with Crippen LogP contribution in [0.5, 0.6) is 5.75 Å². The number of hydrogen-bond donors (Lipinski definition) is 0. The molecule has 1 aliphatic rings. The van der Waals surface area contributed by atoms with E-state index in [1.54, 1.807) is 7.11 Å². The fraction of sp³-hybridized carbons (Fsp3) is 0.409. The van der Waals surface area contributed by atoms with Crippen molar-refractivity contribution in [1.82, 2.24) is 9.80 Å². The third-order valence-electron chi connectivity index (χ3n) is 4.87. The molecule has 0 atom stereocenters. The average Bonchev–Trinajstić information content (AvgIpc) is 2.71. The largest absolute Gasteiger partial charge is 0.496 e. The first-order valence-corrected chi connectivity index (χ1v) is 9.45. The summed E-state index contributed by atoms with van der Waals surface area (Å²) >= 11 is 0. The highest BCUT2D eigenvalue weighted by molar-refractivity contribution is 5.96.